The van der Waals surface area contributed by atoms with Gasteiger partial charge in [-0.1, -0.05) is 19.6 Å². The third-order valence-corrected chi connectivity index (χ3v) is 9.14. The van der Waals surface area contributed by atoms with Crippen molar-refractivity contribution in [3.8, 4) is 0 Å². The molecule has 0 amide bonds. The van der Waals surface area contributed by atoms with E-state index in [9.17, 15) is 0 Å². The molecule has 0 radical (unpaired) electrons. The van der Waals surface area contributed by atoms with Crippen LogP contribution in [-0.4, -0.2) is 35.1 Å². The summed E-state index contributed by atoms with van der Waals surface area (Å²) in [4.78, 5) is 0. The molecule has 2 nitrogen and oxygen atoms in total. The van der Waals surface area contributed by atoms with Crippen LogP contribution in [-0.2, 0) is 8.85 Å². The number of hydrogen-bond donors (Lipinski definition) is 0. The molecule has 0 N–H and O–H groups in total. The van der Waals surface area contributed by atoms with Crippen LogP contribution < -0.4 is 0 Å². The number of hydrogen-bond acceptors (Lipinski definition) is 2. The molecule has 0 aliphatic rings. The van der Waals surface area contributed by atoms with Crippen molar-refractivity contribution in [3.05, 3.63) is 0 Å². The van der Waals surface area contributed by atoms with E-state index in [1.165, 1.54) is 6.42 Å². The van der Waals surface area contributed by atoms with E-state index in [1.807, 2.05) is 0 Å². The van der Waals surface area contributed by atoms with Crippen LogP contribution >= 0.6 is 9.24 Å². The van der Waals surface area contributed by atoms with E-state index in [0.717, 1.165) is 18.8 Å². The predicted molar refractivity (Wildman–Crippen MR) is 81.1 cm³/mol. The van der Waals surface area contributed by atoms with Crippen LogP contribution in [0, 0.1) is 0 Å². The fourth-order valence-corrected chi connectivity index (χ4v) is 6.75. The molecule has 0 aromatic carbocycles. The summed E-state index contributed by atoms with van der Waals surface area (Å²) in [6, 6.07) is 1.11. The Morgan fingerprint density at radius 2 is 1.75 bits per heavy atom. The predicted octanol–water partition coefficient (Wildman–Crippen LogP) is 3.64. The lowest BCUT2D eigenvalue weighted by Gasteiger charge is -2.35. The zero-order valence-corrected chi connectivity index (χ0v) is 15.0. The Kier molecular flexibility index (Phi) is 7.63. The lowest BCUT2D eigenvalue weighted by Crippen LogP contribution is -2.49. The second-order valence-corrected chi connectivity index (χ2v) is 15.0. The second-order valence-electron chi connectivity index (χ2n) is 5.59. The standard InChI is InChI=1S/C11H29O2PSi2/c1-7-12-16(6,10-8-9-14)13-11(2)15(3,4)5/h11H,7-10,14H2,1-6H3. The maximum atomic E-state index is 6.31. The van der Waals surface area contributed by atoms with Gasteiger partial charge in [-0.05, 0) is 39.0 Å². The van der Waals surface area contributed by atoms with E-state index in [1.54, 1.807) is 0 Å². The van der Waals surface area contributed by atoms with Crippen molar-refractivity contribution in [2.45, 2.75) is 58.2 Å². The smallest absolute Gasteiger partial charge is 0.334 e. The van der Waals surface area contributed by atoms with Crippen molar-refractivity contribution in [2.75, 3.05) is 12.8 Å². The normalized spacial score (nSPS) is 18.2. The molecule has 0 saturated carbocycles. The molecule has 0 aromatic rings. The summed E-state index contributed by atoms with van der Waals surface area (Å²) >= 11 is 0. The van der Waals surface area contributed by atoms with Gasteiger partial charge in [0.25, 0.3) is 0 Å². The molecule has 3 unspecified atom stereocenters. The van der Waals surface area contributed by atoms with Gasteiger partial charge in [0.1, 0.15) is 0 Å². The molecule has 0 heterocycles. The summed E-state index contributed by atoms with van der Waals surface area (Å²) in [6.07, 6.45) is 2.33. The Balaban J connectivity index is 4.41. The third-order valence-electron chi connectivity index (χ3n) is 2.93. The molecule has 98 valence electrons. The van der Waals surface area contributed by atoms with Crippen molar-refractivity contribution in [3.63, 3.8) is 0 Å². The Bertz CT molecular complexity index is 197. The first-order valence-electron chi connectivity index (χ1n) is 6.27. The van der Waals surface area contributed by atoms with E-state index in [2.05, 4.69) is 49.3 Å². The van der Waals surface area contributed by atoms with E-state index < -0.39 is 16.6 Å². The Hall–Kier alpha value is 0.784. The molecule has 0 spiro atoms. The van der Waals surface area contributed by atoms with Gasteiger partial charge in [0.05, 0.1) is 8.07 Å². The maximum absolute atomic E-state index is 6.31. The van der Waals surface area contributed by atoms with Crippen LogP contribution in [0.5, 0.6) is 0 Å². The molecule has 0 bridgehead atoms. The molecule has 16 heavy (non-hydrogen) atoms. The minimum Gasteiger partial charge on any atom is -0.395 e. The lowest BCUT2D eigenvalue weighted by atomic mass is 10.6. The fourth-order valence-electron chi connectivity index (χ4n) is 1.44. The zero-order chi connectivity index (χ0) is 12.8. The Morgan fingerprint density at radius 3 is 2.12 bits per heavy atom. The van der Waals surface area contributed by atoms with Gasteiger partial charge in [-0.2, -0.15) is 0 Å². The van der Waals surface area contributed by atoms with Crippen molar-refractivity contribution in [1.82, 2.24) is 0 Å². The van der Waals surface area contributed by atoms with Gasteiger partial charge in [0.15, 0.2) is 0 Å². The van der Waals surface area contributed by atoms with Crippen LogP contribution in [0.4, 0.5) is 0 Å². The van der Waals surface area contributed by atoms with E-state index in [4.69, 9.17) is 8.85 Å². The second kappa shape index (κ2) is 7.27. The first kappa shape index (κ1) is 16.8. The molecule has 0 aliphatic carbocycles. The van der Waals surface area contributed by atoms with Crippen molar-refractivity contribution < 1.29 is 8.85 Å². The van der Waals surface area contributed by atoms with E-state index in [0.29, 0.717) is 5.73 Å². The molecule has 0 rings (SSSR count). The van der Waals surface area contributed by atoms with E-state index >= 15 is 0 Å². The molecule has 0 fully saturated rings. The largest absolute Gasteiger partial charge is 0.395 e. The minimum absolute atomic E-state index is 0.389. The first-order valence-corrected chi connectivity index (χ1v) is 13.2. The van der Waals surface area contributed by atoms with Crippen LogP contribution in [0.1, 0.15) is 20.3 Å². The van der Waals surface area contributed by atoms with Crippen LogP contribution in [0.2, 0.25) is 32.2 Å². The Labute approximate surface area is 106 Å². The Morgan fingerprint density at radius 1 is 1.19 bits per heavy atom. The van der Waals surface area contributed by atoms with Crippen molar-refractivity contribution >= 4 is 25.9 Å². The highest BCUT2D eigenvalue weighted by atomic mass is 31.0. The quantitative estimate of drug-likeness (QED) is 0.499. The highest BCUT2D eigenvalue weighted by Gasteiger charge is 2.36. The molecule has 0 aromatic heterocycles. The molecular formula is C11H29O2PSi2. The summed E-state index contributed by atoms with van der Waals surface area (Å²) in [5.74, 6) is 0. The van der Waals surface area contributed by atoms with Crippen LogP contribution in [0.25, 0.3) is 0 Å². The average molecular weight is 280 g/mol. The number of rotatable bonds is 8. The van der Waals surface area contributed by atoms with Gasteiger partial charge in [-0.3, -0.25) is 0 Å². The molecule has 0 saturated heterocycles. The molecule has 5 heteroatoms. The van der Waals surface area contributed by atoms with Gasteiger partial charge < -0.3 is 8.85 Å². The van der Waals surface area contributed by atoms with Crippen LogP contribution in [0.15, 0.2) is 0 Å². The maximum Gasteiger partial charge on any atom is 0.334 e. The molecule has 0 aliphatic heterocycles. The molecule has 3 atom stereocenters. The first-order chi connectivity index (χ1) is 7.25. The molecular weight excluding hydrogens is 251 g/mol. The summed E-state index contributed by atoms with van der Waals surface area (Å²) in [5, 5.41) is 0. The topological polar surface area (TPSA) is 18.5 Å². The fraction of sp³-hybridized carbons (Fsp3) is 1.00. The van der Waals surface area contributed by atoms with Gasteiger partial charge in [0, 0.05) is 12.3 Å². The highest BCUT2D eigenvalue weighted by Crippen LogP contribution is 2.22. The summed E-state index contributed by atoms with van der Waals surface area (Å²) in [5.41, 5.74) is 0.389. The summed E-state index contributed by atoms with van der Waals surface area (Å²) < 4.78 is 12.2. The van der Waals surface area contributed by atoms with Gasteiger partial charge in [0.2, 0.25) is 0 Å². The SMILES string of the molecule is CCO[Si](C)(CCCP)OC(C)[Si](C)(C)C. The van der Waals surface area contributed by atoms with Crippen molar-refractivity contribution in [1.29, 1.82) is 0 Å². The van der Waals surface area contributed by atoms with E-state index in [-0.39, 0.29) is 0 Å². The average Bonchev–Trinajstić information content (AvgIpc) is 2.13. The summed E-state index contributed by atoms with van der Waals surface area (Å²) in [6.45, 7) is 14.3. The van der Waals surface area contributed by atoms with Gasteiger partial charge in [-0.25, -0.2) is 0 Å². The van der Waals surface area contributed by atoms with Crippen molar-refractivity contribution in [2.24, 2.45) is 0 Å². The van der Waals surface area contributed by atoms with Crippen LogP contribution in [0.3, 0.4) is 0 Å². The zero-order valence-electron chi connectivity index (χ0n) is 11.8. The third kappa shape index (κ3) is 6.50. The summed E-state index contributed by atoms with van der Waals surface area (Å²) in [7, 11) is -0.351. The lowest BCUT2D eigenvalue weighted by molar-refractivity contribution is 0.165. The minimum atomic E-state index is -1.92. The van der Waals surface area contributed by atoms with Gasteiger partial charge >= 0.3 is 8.56 Å². The van der Waals surface area contributed by atoms with Gasteiger partial charge in [-0.15, -0.1) is 9.24 Å². The highest BCUT2D eigenvalue weighted by molar-refractivity contribution is 7.16. The monoisotopic (exact) mass is 280 g/mol.